The predicted molar refractivity (Wildman–Crippen MR) is 84.5 cm³/mol. The first-order valence-corrected chi connectivity index (χ1v) is 7.23. The zero-order valence-electron chi connectivity index (χ0n) is 12.3. The van der Waals surface area contributed by atoms with E-state index in [9.17, 15) is 9.59 Å². The van der Waals surface area contributed by atoms with Crippen molar-refractivity contribution in [1.29, 1.82) is 0 Å². The summed E-state index contributed by atoms with van der Waals surface area (Å²) in [5.74, 6) is -0.169. The van der Waals surface area contributed by atoms with Crippen molar-refractivity contribution in [1.82, 2.24) is 25.3 Å². The molecule has 7 nitrogen and oxygen atoms in total. The molecule has 7 heteroatoms. The van der Waals surface area contributed by atoms with Gasteiger partial charge in [-0.05, 0) is 24.3 Å². The molecule has 0 bridgehead atoms. The van der Waals surface area contributed by atoms with Crippen LogP contribution in [0.3, 0.4) is 0 Å². The van der Waals surface area contributed by atoms with Gasteiger partial charge in [0.05, 0.1) is 24.2 Å². The summed E-state index contributed by atoms with van der Waals surface area (Å²) in [4.78, 5) is 28.2. The van der Waals surface area contributed by atoms with Gasteiger partial charge in [-0.1, -0.05) is 23.4 Å². The van der Waals surface area contributed by atoms with Crippen LogP contribution in [0.4, 0.5) is 0 Å². The number of carbonyl (C=O) groups is 1. The van der Waals surface area contributed by atoms with Crippen LogP contribution in [-0.2, 0) is 17.9 Å². The van der Waals surface area contributed by atoms with Crippen molar-refractivity contribution < 1.29 is 4.79 Å². The normalized spacial score (nSPS) is 10.6. The topological polar surface area (TPSA) is 89.8 Å². The minimum absolute atomic E-state index is 0.153. The van der Waals surface area contributed by atoms with E-state index in [2.05, 4.69) is 20.6 Å². The van der Waals surface area contributed by atoms with Gasteiger partial charge in [0.15, 0.2) is 0 Å². The summed E-state index contributed by atoms with van der Waals surface area (Å²) >= 11 is 0. The van der Waals surface area contributed by atoms with Gasteiger partial charge in [0.2, 0.25) is 5.91 Å². The van der Waals surface area contributed by atoms with Gasteiger partial charge < -0.3 is 5.32 Å². The first-order valence-electron chi connectivity index (χ1n) is 7.23. The van der Waals surface area contributed by atoms with Crippen LogP contribution in [0.2, 0.25) is 0 Å². The second kappa shape index (κ2) is 6.78. The van der Waals surface area contributed by atoms with E-state index < -0.39 is 0 Å². The zero-order chi connectivity index (χ0) is 16.1. The largest absolute Gasteiger partial charge is 0.350 e. The number of amides is 1. The summed E-state index contributed by atoms with van der Waals surface area (Å²) in [6.45, 7) is 0.544. The second-order valence-corrected chi connectivity index (χ2v) is 4.98. The van der Waals surface area contributed by atoms with Crippen molar-refractivity contribution in [3.05, 3.63) is 64.7 Å². The lowest BCUT2D eigenvalue weighted by Crippen LogP contribution is -2.29. The van der Waals surface area contributed by atoms with E-state index in [0.717, 1.165) is 5.69 Å². The van der Waals surface area contributed by atoms with E-state index >= 15 is 0 Å². The van der Waals surface area contributed by atoms with Crippen molar-refractivity contribution >= 4 is 16.8 Å². The molecule has 0 unspecified atom stereocenters. The van der Waals surface area contributed by atoms with Crippen LogP contribution < -0.4 is 10.9 Å². The Kier molecular flexibility index (Phi) is 4.37. The van der Waals surface area contributed by atoms with Gasteiger partial charge in [-0.15, -0.1) is 5.10 Å². The molecule has 1 aromatic carbocycles. The van der Waals surface area contributed by atoms with Crippen LogP contribution in [0.5, 0.6) is 0 Å². The van der Waals surface area contributed by atoms with E-state index in [1.165, 1.54) is 4.68 Å². The van der Waals surface area contributed by atoms with Gasteiger partial charge in [0.25, 0.3) is 5.56 Å². The SMILES string of the molecule is O=C(CCn1nnc2ccccc2c1=O)NCc1ccccn1. The number of benzene rings is 1. The van der Waals surface area contributed by atoms with E-state index in [-0.39, 0.29) is 24.4 Å². The highest BCUT2D eigenvalue weighted by atomic mass is 16.2. The van der Waals surface area contributed by atoms with Crippen molar-refractivity contribution in [3.8, 4) is 0 Å². The summed E-state index contributed by atoms with van der Waals surface area (Å²) in [6.07, 6.45) is 1.82. The zero-order valence-corrected chi connectivity index (χ0v) is 12.3. The number of nitrogens with zero attached hydrogens (tertiary/aromatic N) is 4. The number of hydrogen-bond acceptors (Lipinski definition) is 5. The van der Waals surface area contributed by atoms with Crippen molar-refractivity contribution in [2.24, 2.45) is 0 Å². The molecule has 3 rings (SSSR count). The monoisotopic (exact) mass is 309 g/mol. The molecule has 1 N–H and O–H groups in total. The molecule has 0 aliphatic heterocycles. The molecule has 1 amide bonds. The first kappa shape index (κ1) is 14.8. The van der Waals surface area contributed by atoms with Gasteiger partial charge in [-0.3, -0.25) is 14.6 Å². The highest BCUT2D eigenvalue weighted by Crippen LogP contribution is 2.03. The predicted octanol–water partition coefficient (Wildman–Crippen LogP) is 0.893. The van der Waals surface area contributed by atoms with E-state index in [1.54, 1.807) is 30.5 Å². The molecule has 2 heterocycles. The number of aromatic nitrogens is 4. The molecule has 0 spiro atoms. The maximum absolute atomic E-state index is 12.2. The Morgan fingerprint density at radius 1 is 1.13 bits per heavy atom. The van der Waals surface area contributed by atoms with Gasteiger partial charge in [0, 0.05) is 12.6 Å². The van der Waals surface area contributed by atoms with Gasteiger partial charge >= 0.3 is 0 Å². The van der Waals surface area contributed by atoms with Crippen LogP contribution in [0.15, 0.2) is 53.5 Å². The number of aryl methyl sites for hydroxylation is 1. The third-order valence-corrected chi connectivity index (χ3v) is 3.37. The van der Waals surface area contributed by atoms with Gasteiger partial charge in [-0.2, -0.15) is 0 Å². The minimum atomic E-state index is -0.242. The van der Waals surface area contributed by atoms with Crippen LogP contribution in [-0.4, -0.2) is 25.9 Å². The lowest BCUT2D eigenvalue weighted by molar-refractivity contribution is -0.121. The average Bonchev–Trinajstić information content (AvgIpc) is 2.60. The fraction of sp³-hybridized carbons (Fsp3) is 0.188. The number of rotatable bonds is 5. The molecule has 0 aliphatic carbocycles. The Morgan fingerprint density at radius 3 is 2.78 bits per heavy atom. The standard InChI is InChI=1S/C16H15N5O2/c22-15(18-11-12-5-3-4-9-17-12)8-10-21-16(23)13-6-1-2-7-14(13)19-20-21/h1-7,9H,8,10-11H2,(H,18,22). The number of carbonyl (C=O) groups excluding carboxylic acids is 1. The van der Waals surface area contributed by atoms with Crippen LogP contribution in [0.25, 0.3) is 10.9 Å². The fourth-order valence-corrected chi connectivity index (χ4v) is 2.16. The van der Waals surface area contributed by atoms with Crippen molar-refractivity contribution in [3.63, 3.8) is 0 Å². The van der Waals surface area contributed by atoms with E-state index in [0.29, 0.717) is 17.4 Å². The van der Waals surface area contributed by atoms with E-state index in [4.69, 9.17) is 0 Å². The summed E-state index contributed by atoms with van der Waals surface area (Å²) in [5.41, 5.74) is 1.09. The Balaban J connectivity index is 1.61. The third-order valence-electron chi connectivity index (χ3n) is 3.37. The van der Waals surface area contributed by atoms with Gasteiger partial charge in [0.1, 0.15) is 5.52 Å². The first-order chi connectivity index (χ1) is 11.2. The molecule has 116 valence electrons. The Hall–Kier alpha value is -3.09. The third kappa shape index (κ3) is 3.57. The maximum atomic E-state index is 12.2. The maximum Gasteiger partial charge on any atom is 0.277 e. The summed E-state index contributed by atoms with van der Waals surface area (Å²) < 4.78 is 1.21. The molecule has 3 aromatic rings. The van der Waals surface area contributed by atoms with Gasteiger partial charge in [-0.25, -0.2) is 4.68 Å². The van der Waals surface area contributed by atoms with Crippen molar-refractivity contribution in [2.45, 2.75) is 19.5 Å². The Bertz CT molecular complexity index is 876. The molecule has 0 fully saturated rings. The highest BCUT2D eigenvalue weighted by Gasteiger charge is 2.07. The van der Waals surface area contributed by atoms with E-state index in [1.807, 2.05) is 18.2 Å². The Morgan fingerprint density at radius 2 is 1.96 bits per heavy atom. The van der Waals surface area contributed by atoms with Crippen LogP contribution in [0, 0.1) is 0 Å². The molecule has 0 saturated carbocycles. The second-order valence-electron chi connectivity index (χ2n) is 4.98. The summed E-state index contributed by atoms with van der Waals surface area (Å²) in [6, 6.07) is 12.5. The quantitative estimate of drug-likeness (QED) is 0.756. The van der Waals surface area contributed by atoms with Crippen LogP contribution >= 0.6 is 0 Å². The molecular formula is C16H15N5O2. The smallest absolute Gasteiger partial charge is 0.277 e. The molecule has 2 aromatic heterocycles. The highest BCUT2D eigenvalue weighted by molar-refractivity contribution is 5.77. The molecular weight excluding hydrogens is 294 g/mol. The molecule has 0 saturated heterocycles. The summed E-state index contributed by atoms with van der Waals surface area (Å²) in [5, 5.41) is 11.1. The number of hydrogen-bond donors (Lipinski definition) is 1. The minimum Gasteiger partial charge on any atom is -0.350 e. The lowest BCUT2D eigenvalue weighted by Gasteiger charge is -2.06. The van der Waals surface area contributed by atoms with Crippen LogP contribution in [0.1, 0.15) is 12.1 Å². The number of nitrogens with one attached hydrogen (secondary N) is 1. The molecule has 0 radical (unpaired) electrons. The lowest BCUT2D eigenvalue weighted by atomic mass is 10.2. The summed E-state index contributed by atoms with van der Waals surface area (Å²) in [7, 11) is 0. The van der Waals surface area contributed by atoms with Crippen molar-refractivity contribution in [2.75, 3.05) is 0 Å². The molecule has 0 atom stereocenters. The number of pyridine rings is 1. The average molecular weight is 309 g/mol. The fourth-order valence-electron chi connectivity index (χ4n) is 2.16. The Labute approximate surface area is 132 Å². The number of fused-ring (bicyclic) bond motifs is 1. The molecule has 23 heavy (non-hydrogen) atoms. The molecule has 0 aliphatic rings.